The fourth-order valence-corrected chi connectivity index (χ4v) is 4.25. The summed E-state index contributed by atoms with van der Waals surface area (Å²) in [5, 5.41) is 10.9. The molecule has 2 aromatic heterocycles. The molecule has 5 nitrogen and oxygen atoms in total. The Bertz CT molecular complexity index is 1260. The molecule has 0 saturated heterocycles. The summed E-state index contributed by atoms with van der Waals surface area (Å²) in [5.74, 6) is -0.218. The van der Waals surface area contributed by atoms with E-state index in [4.69, 9.17) is 46.4 Å². The second-order valence-electron chi connectivity index (χ2n) is 5.86. The van der Waals surface area contributed by atoms with Crippen molar-refractivity contribution in [2.75, 3.05) is 5.32 Å². The zero-order valence-electron chi connectivity index (χ0n) is 14.4. The van der Waals surface area contributed by atoms with Gasteiger partial charge >= 0.3 is 0 Å². The van der Waals surface area contributed by atoms with Crippen molar-refractivity contribution in [1.82, 2.24) is 14.6 Å². The summed E-state index contributed by atoms with van der Waals surface area (Å²) in [4.78, 5) is 17.2. The van der Waals surface area contributed by atoms with Crippen molar-refractivity contribution in [2.45, 2.75) is 0 Å². The number of anilines is 1. The first-order valence-electron chi connectivity index (χ1n) is 8.14. The van der Waals surface area contributed by atoms with Crippen molar-refractivity contribution in [2.24, 2.45) is 0 Å². The second kappa shape index (κ2) is 8.34. The topological polar surface area (TPSA) is 59.3 Å². The zero-order chi connectivity index (χ0) is 20.5. The van der Waals surface area contributed by atoms with Crippen LogP contribution in [0.15, 0.2) is 47.9 Å². The minimum absolute atomic E-state index is 0.174. The van der Waals surface area contributed by atoms with Crippen molar-refractivity contribution < 1.29 is 4.79 Å². The molecular weight excluding hydrogens is 474 g/mol. The molecule has 4 rings (SSSR count). The van der Waals surface area contributed by atoms with Gasteiger partial charge < -0.3 is 0 Å². The monoisotopic (exact) mass is 482 g/mol. The van der Waals surface area contributed by atoms with Crippen molar-refractivity contribution in [3.05, 3.63) is 73.5 Å². The third-order valence-corrected chi connectivity index (χ3v) is 5.84. The van der Waals surface area contributed by atoms with Crippen LogP contribution in [0.3, 0.4) is 0 Å². The summed E-state index contributed by atoms with van der Waals surface area (Å²) in [5.41, 5.74) is 2.13. The molecular formula is C19H10Cl4N4OS. The Morgan fingerprint density at radius 1 is 1.03 bits per heavy atom. The Morgan fingerprint density at radius 3 is 2.59 bits per heavy atom. The van der Waals surface area contributed by atoms with Gasteiger partial charge in [-0.05, 0) is 42.0 Å². The molecule has 1 amide bonds. The number of hydrogen-bond acceptors (Lipinski definition) is 4. The fourth-order valence-electron chi connectivity index (χ4n) is 2.57. The quantitative estimate of drug-likeness (QED) is 0.327. The van der Waals surface area contributed by atoms with Crippen LogP contribution in [0.1, 0.15) is 5.56 Å². The summed E-state index contributed by atoms with van der Waals surface area (Å²) >= 11 is 25.7. The average Bonchev–Trinajstić information content (AvgIpc) is 3.23. The van der Waals surface area contributed by atoms with Crippen LogP contribution in [0.25, 0.3) is 22.3 Å². The lowest BCUT2D eigenvalue weighted by Gasteiger charge is -2.03. The summed E-state index contributed by atoms with van der Waals surface area (Å²) in [6.07, 6.45) is 2.93. The fraction of sp³-hybridized carbons (Fsp3) is 0. The van der Waals surface area contributed by atoms with Crippen LogP contribution in [-0.2, 0) is 4.79 Å². The van der Waals surface area contributed by atoms with Crippen molar-refractivity contribution in [3.63, 3.8) is 0 Å². The van der Waals surface area contributed by atoms with Crippen LogP contribution in [0.2, 0.25) is 20.1 Å². The van der Waals surface area contributed by atoms with E-state index in [0.717, 1.165) is 11.3 Å². The van der Waals surface area contributed by atoms with Gasteiger partial charge in [-0.2, -0.15) is 4.98 Å². The Morgan fingerprint density at radius 2 is 1.79 bits per heavy atom. The molecule has 2 aromatic carbocycles. The first kappa shape index (κ1) is 20.2. The van der Waals surface area contributed by atoms with E-state index >= 15 is 0 Å². The molecule has 29 heavy (non-hydrogen) atoms. The number of nitrogens with zero attached hydrogens (tertiary/aromatic N) is 3. The molecule has 0 fully saturated rings. The van der Waals surface area contributed by atoms with Crippen LogP contribution in [-0.4, -0.2) is 20.5 Å². The van der Waals surface area contributed by atoms with Gasteiger partial charge in [-0.25, -0.2) is 4.52 Å². The molecule has 146 valence electrons. The number of benzene rings is 2. The van der Waals surface area contributed by atoms with Gasteiger partial charge in [0.15, 0.2) is 0 Å². The lowest BCUT2D eigenvalue weighted by molar-refractivity contribution is -0.111. The Labute approximate surface area is 189 Å². The SMILES string of the molecule is O=C(/C=C/c1ccc(Cl)cc1Cl)Nc1nc2scc(-c3cc(Cl)ccc3Cl)n2n1. The number of hydrogen-bond donors (Lipinski definition) is 1. The van der Waals surface area contributed by atoms with Gasteiger partial charge in [-0.1, -0.05) is 52.5 Å². The number of fused-ring (bicyclic) bond motifs is 1. The molecule has 0 radical (unpaired) electrons. The molecule has 0 saturated carbocycles. The minimum atomic E-state index is -0.392. The number of aromatic nitrogens is 3. The van der Waals surface area contributed by atoms with Crippen LogP contribution in [0.5, 0.6) is 0 Å². The van der Waals surface area contributed by atoms with Crippen molar-refractivity contribution in [1.29, 1.82) is 0 Å². The highest BCUT2D eigenvalue weighted by Crippen LogP contribution is 2.33. The Hall–Kier alpha value is -2.09. The van der Waals surface area contributed by atoms with Gasteiger partial charge in [0, 0.05) is 32.1 Å². The zero-order valence-corrected chi connectivity index (χ0v) is 18.2. The lowest BCUT2D eigenvalue weighted by Crippen LogP contribution is -2.09. The van der Waals surface area contributed by atoms with Crippen molar-refractivity contribution >= 4 is 80.6 Å². The van der Waals surface area contributed by atoms with Crippen molar-refractivity contribution in [3.8, 4) is 11.3 Å². The third-order valence-electron chi connectivity index (χ3n) is 3.90. The number of carbonyl (C=O) groups excluding carboxylic acids is 1. The van der Waals surface area contributed by atoms with E-state index < -0.39 is 5.91 Å². The maximum Gasteiger partial charge on any atom is 0.250 e. The summed E-state index contributed by atoms with van der Waals surface area (Å²) < 4.78 is 1.61. The molecule has 0 unspecified atom stereocenters. The van der Waals surface area contributed by atoms with Gasteiger partial charge in [0.05, 0.1) is 10.7 Å². The predicted molar refractivity (Wildman–Crippen MR) is 120 cm³/mol. The molecule has 0 atom stereocenters. The Balaban J connectivity index is 1.56. The number of nitrogens with one attached hydrogen (secondary N) is 1. The minimum Gasteiger partial charge on any atom is -0.290 e. The van der Waals surface area contributed by atoms with Gasteiger partial charge in [-0.15, -0.1) is 16.4 Å². The summed E-state index contributed by atoms with van der Waals surface area (Å²) in [7, 11) is 0. The number of rotatable bonds is 4. The van der Waals surface area contributed by atoms with Crippen LogP contribution >= 0.6 is 57.7 Å². The molecule has 10 heteroatoms. The van der Waals surface area contributed by atoms with Crippen LogP contribution in [0.4, 0.5) is 5.95 Å². The maximum absolute atomic E-state index is 12.2. The van der Waals surface area contributed by atoms with Crippen LogP contribution < -0.4 is 5.32 Å². The van der Waals surface area contributed by atoms with E-state index in [1.165, 1.54) is 17.4 Å². The molecule has 1 N–H and O–H groups in total. The van der Waals surface area contributed by atoms with Gasteiger partial charge in [0.1, 0.15) is 0 Å². The molecule has 0 spiro atoms. The number of amides is 1. The Kier molecular flexibility index (Phi) is 5.81. The van der Waals surface area contributed by atoms with E-state index in [1.807, 2.05) is 5.38 Å². The second-order valence-corrected chi connectivity index (χ2v) is 8.39. The normalized spacial score (nSPS) is 11.4. The highest BCUT2D eigenvalue weighted by molar-refractivity contribution is 7.15. The van der Waals surface area contributed by atoms with Gasteiger partial charge in [0.2, 0.25) is 4.96 Å². The standard InChI is InChI=1S/C19H10Cl4N4OS/c20-11-4-5-14(22)13(7-11)16-9-29-19-25-18(26-27(16)19)24-17(28)6-2-10-1-3-12(21)8-15(10)23/h1-9H,(H,24,26,28)/b6-2+. The highest BCUT2D eigenvalue weighted by atomic mass is 35.5. The average molecular weight is 484 g/mol. The molecule has 2 heterocycles. The first-order chi connectivity index (χ1) is 13.9. The lowest BCUT2D eigenvalue weighted by atomic mass is 10.2. The van der Waals surface area contributed by atoms with E-state index in [9.17, 15) is 4.79 Å². The van der Waals surface area contributed by atoms with Crippen LogP contribution in [0, 0.1) is 0 Å². The summed E-state index contributed by atoms with van der Waals surface area (Å²) in [6.45, 7) is 0. The molecule has 0 bridgehead atoms. The van der Waals surface area contributed by atoms with E-state index in [-0.39, 0.29) is 5.95 Å². The summed E-state index contributed by atoms with van der Waals surface area (Å²) in [6, 6.07) is 10.2. The van der Waals surface area contributed by atoms with Gasteiger partial charge in [0.25, 0.3) is 11.9 Å². The highest BCUT2D eigenvalue weighted by Gasteiger charge is 2.15. The van der Waals surface area contributed by atoms with E-state index in [0.29, 0.717) is 30.6 Å². The van der Waals surface area contributed by atoms with E-state index in [1.54, 1.807) is 47.0 Å². The van der Waals surface area contributed by atoms with Gasteiger partial charge in [-0.3, -0.25) is 10.1 Å². The number of thiazole rings is 1. The number of carbonyl (C=O) groups is 1. The predicted octanol–water partition coefficient (Wildman–Crippen LogP) is 6.72. The smallest absolute Gasteiger partial charge is 0.250 e. The molecule has 0 aliphatic rings. The largest absolute Gasteiger partial charge is 0.290 e. The molecule has 0 aliphatic carbocycles. The van der Waals surface area contributed by atoms with E-state index in [2.05, 4.69) is 15.4 Å². The molecule has 4 aromatic rings. The first-order valence-corrected chi connectivity index (χ1v) is 10.5. The molecule has 0 aliphatic heterocycles. The third kappa shape index (κ3) is 4.42. The maximum atomic E-state index is 12.2. The number of halogens is 4.